The molecule has 0 bridgehead atoms. The van der Waals surface area contributed by atoms with Crippen molar-refractivity contribution < 1.29 is 12.6 Å². The van der Waals surface area contributed by atoms with Gasteiger partial charge in [-0.05, 0) is 91.8 Å². The first kappa shape index (κ1) is 32.9. The molecular formula is C34H46N2O5SSi. The zero-order chi connectivity index (χ0) is 31.9. The summed E-state index contributed by atoms with van der Waals surface area (Å²) in [6, 6.07) is 12.8. The Hall–Kier alpha value is -3.01. The number of benzene rings is 2. The molecule has 1 N–H and O–H groups in total. The fourth-order valence-electron chi connectivity index (χ4n) is 7.11. The Morgan fingerprint density at radius 2 is 1.47 bits per heavy atom. The van der Waals surface area contributed by atoms with Gasteiger partial charge in [0.2, 0.25) is 10.9 Å². The average Bonchev–Trinajstić information content (AvgIpc) is 3.28. The lowest BCUT2D eigenvalue weighted by Gasteiger charge is -2.44. The van der Waals surface area contributed by atoms with Gasteiger partial charge in [-0.3, -0.25) is 13.8 Å². The van der Waals surface area contributed by atoms with E-state index in [1.54, 1.807) is 24.3 Å². The van der Waals surface area contributed by atoms with Gasteiger partial charge in [-0.2, -0.15) is 8.42 Å². The number of fused-ring (bicyclic) bond motifs is 1. The minimum Gasteiger partial charge on any atom is -0.379 e. The summed E-state index contributed by atoms with van der Waals surface area (Å²) in [6.45, 7) is 19.8. The highest BCUT2D eigenvalue weighted by atomic mass is 32.2. The molecule has 0 spiro atoms. The predicted octanol–water partition coefficient (Wildman–Crippen LogP) is 7.39. The van der Waals surface area contributed by atoms with Gasteiger partial charge in [-0.1, -0.05) is 65.3 Å². The summed E-state index contributed by atoms with van der Waals surface area (Å²) in [7, 11) is -5.98. The minimum atomic E-state index is -3.85. The summed E-state index contributed by atoms with van der Waals surface area (Å²) in [4.78, 5) is 25.3. The van der Waals surface area contributed by atoms with Gasteiger partial charge in [0.05, 0.1) is 22.8 Å². The highest BCUT2D eigenvalue weighted by Gasteiger charge is 2.46. The first-order valence-corrected chi connectivity index (χ1v) is 18.9. The van der Waals surface area contributed by atoms with Crippen molar-refractivity contribution in [1.29, 1.82) is 0 Å². The summed E-state index contributed by atoms with van der Waals surface area (Å²) in [6.07, 6.45) is 3.39. The number of hydrogen-bond acceptors (Lipinski definition) is 6. The molecule has 0 aliphatic carbocycles. The van der Waals surface area contributed by atoms with Crippen molar-refractivity contribution in [2.75, 3.05) is 11.9 Å². The van der Waals surface area contributed by atoms with Crippen LogP contribution in [0.1, 0.15) is 72.9 Å². The van der Waals surface area contributed by atoms with Gasteiger partial charge in [-0.15, -0.1) is 0 Å². The molecule has 0 saturated heterocycles. The van der Waals surface area contributed by atoms with Gasteiger partial charge >= 0.3 is 0 Å². The average molecular weight is 623 g/mol. The standard InChI is InChI=1S/C34H46N2O5SSi/c1-21(2)35-32-31(33(37)34(32)38)26-14-17-30-29(19-26)27(20-36(30)43(22(3)4,23(5)6)24(7)8)11-10-18-41-42(39,40)28-15-12-25(9)13-16-28/h12-17,19-24,35H,10-11,18H2,1-9H3. The van der Waals surface area contributed by atoms with Crippen LogP contribution in [0.25, 0.3) is 22.0 Å². The second kappa shape index (κ2) is 12.5. The molecule has 0 fully saturated rings. The number of rotatable bonds is 13. The predicted molar refractivity (Wildman–Crippen MR) is 180 cm³/mol. The molecular weight excluding hydrogens is 577 g/mol. The lowest BCUT2D eigenvalue weighted by Crippen LogP contribution is -2.51. The zero-order valence-electron chi connectivity index (χ0n) is 26.9. The molecule has 4 aromatic rings. The SMILES string of the molecule is Cc1ccc(S(=O)(=O)OCCCc2cn([Si](C(C)C)(C(C)C)C(C)C)c3ccc(-c4c(NC(C)C)c(=O)c4=O)cc23)cc1. The van der Waals surface area contributed by atoms with E-state index >= 15 is 0 Å². The Bertz CT molecular complexity index is 1750. The molecule has 0 radical (unpaired) electrons. The third kappa shape index (κ3) is 6.04. The van der Waals surface area contributed by atoms with Crippen molar-refractivity contribution in [2.45, 2.75) is 103 Å². The molecule has 0 unspecified atom stereocenters. The molecule has 0 aliphatic heterocycles. The van der Waals surface area contributed by atoms with Crippen molar-refractivity contribution in [3.63, 3.8) is 0 Å². The second-order valence-electron chi connectivity index (χ2n) is 13.0. The van der Waals surface area contributed by atoms with Gasteiger partial charge in [0.1, 0.15) is 0 Å². The number of nitrogens with one attached hydrogen (secondary N) is 1. The van der Waals surface area contributed by atoms with Gasteiger partial charge < -0.3 is 9.55 Å². The van der Waals surface area contributed by atoms with Crippen LogP contribution >= 0.6 is 0 Å². The minimum absolute atomic E-state index is 0.0216. The Morgan fingerprint density at radius 3 is 2.02 bits per heavy atom. The summed E-state index contributed by atoms with van der Waals surface area (Å²) in [5, 5.41) is 4.18. The maximum Gasteiger partial charge on any atom is 0.296 e. The van der Waals surface area contributed by atoms with E-state index in [9.17, 15) is 18.0 Å². The molecule has 232 valence electrons. The van der Waals surface area contributed by atoms with Crippen molar-refractivity contribution in [3.8, 4) is 11.1 Å². The first-order valence-electron chi connectivity index (χ1n) is 15.3. The van der Waals surface area contributed by atoms with Crippen LogP contribution < -0.4 is 16.2 Å². The van der Waals surface area contributed by atoms with E-state index in [2.05, 4.69) is 63.4 Å². The van der Waals surface area contributed by atoms with E-state index in [1.807, 2.05) is 32.9 Å². The monoisotopic (exact) mass is 622 g/mol. The van der Waals surface area contributed by atoms with E-state index in [1.165, 1.54) is 0 Å². The lowest BCUT2D eigenvalue weighted by molar-refractivity contribution is 0.312. The quantitative estimate of drug-likeness (QED) is 0.0723. The van der Waals surface area contributed by atoms with E-state index in [0.717, 1.165) is 27.6 Å². The molecule has 0 aliphatic rings. The number of hydrogen-bond donors (Lipinski definition) is 1. The summed E-state index contributed by atoms with van der Waals surface area (Å²) < 4.78 is 33.5. The van der Waals surface area contributed by atoms with Gasteiger partial charge in [-0.25, -0.2) is 0 Å². The van der Waals surface area contributed by atoms with Crippen LogP contribution in [-0.2, 0) is 20.7 Å². The fourth-order valence-corrected chi connectivity index (χ4v) is 14.7. The van der Waals surface area contributed by atoms with Gasteiger partial charge in [0, 0.05) is 16.9 Å². The van der Waals surface area contributed by atoms with Crippen LogP contribution in [-0.4, -0.2) is 33.5 Å². The van der Waals surface area contributed by atoms with Crippen LogP contribution in [0.3, 0.4) is 0 Å². The highest BCUT2D eigenvalue weighted by Crippen LogP contribution is 2.45. The number of nitrogens with zero attached hydrogens (tertiary/aromatic N) is 1. The highest BCUT2D eigenvalue weighted by molar-refractivity contribution is 7.86. The second-order valence-corrected chi connectivity index (χ2v) is 20.3. The molecule has 0 saturated carbocycles. The van der Waals surface area contributed by atoms with Crippen molar-refractivity contribution >= 4 is 34.9 Å². The van der Waals surface area contributed by atoms with E-state index in [0.29, 0.717) is 40.7 Å². The van der Waals surface area contributed by atoms with E-state index < -0.39 is 29.2 Å². The maximum atomic E-state index is 12.8. The summed E-state index contributed by atoms with van der Waals surface area (Å²) in [5.41, 5.74) is 5.19. The largest absolute Gasteiger partial charge is 0.379 e. The molecule has 0 amide bonds. The van der Waals surface area contributed by atoms with E-state index in [-0.39, 0.29) is 17.5 Å². The number of aryl methyl sites for hydroxylation is 2. The molecule has 1 heterocycles. The van der Waals surface area contributed by atoms with Crippen LogP contribution in [0.5, 0.6) is 0 Å². The van der Waals surface area contributed by atoms with Crippen molar-refractivity contribution in [1.82, 2.24) is 4.23 Å². The molecule has 1 aromatic heterocycles. The van der Waals surface area contributed by atoms with Gasteiger partial charge in [0.15, 0.2) is 8.24 Å². The summed E-state index contributed by atoms with van der Waals surface area (Å²) >= 11 is 0. The third-order valence-corrected chi connectivity index (χ3v) is 16.9. The Labute approximate surface area is 257 Å². The van der Waals surface area contributed by atoms with Crippen LogP contribution in [0.2, 0.25) is 16.6 Å². The molecule has 4 rings (SSSR count). The fraction of sp³-hybridized carbons (Fsp3) is 0.471. The molecule has 9 heteroatoms. The molecule has 0 atom stereocenters. The number of anilines is 1. The molecule has 7 nitrogen and oxygen atoms in total. The van der Waals surface area contributed by atoms with Crippen LogP contribution in [0.15, 0.2) is 63.1 Å². The number of aromatic nitrogens is 1. The van der Waals surface area contributed by atoms with Crippen molar-refractivity contribution in [2.24, 2.45) is 0 Å². The zero-order valence-corrected chi connectivity index (χ0v) is 28.8. The topological polar surface area (TPSA) is 94.5 Å². The Balaban J connectivity index is 1.76. The molecule has 43 heavy (non-hydrogen) atoms. The van der Waals surface area contributed by atoms with Crippen LogP contribution in [0, 0.1) is 6.92 Å². The lowest BCUT2D eigenvalue weighted by atomic mass is 9.96. The normalized spacial score (nSPS) is 13.0. The Morgan fingerprint density at radius 1 is 0.860 bits per heavy atom. The first-order chi connectivity index (χ1) is 20.1. The van der Waals surface area contributed by atoms with Crippen molar-refractivity contribution in [3.05, 3.63) is 80.2 Å². The third-order valence-electron chi connectivity index (χ3n) is 8.85. The smallest absolute Gasteiger partial charge is 0.296 e. The molecule has 3 aromatic carbocycles. The summed E-state index contributed by atoms with van der Waals surface area (Å²) in [5.74, 6) is 0. The Kier molecular flexibility index (Phi) is 9.59. The van der Waals surface area contributed by atoms with Crippen LogP contribution in [0.4, 0.5) is 5.69 Å². The maximum absolute atomic E-state index is 12.8. The van der Waals surface area contributed by atoms with Gasteiger partial charge in [0.25, 0.3) is 10.1 Å². The van der Waals surface area contributed by atoms with E-state index in [4.69, 9.17) is 4.18 Å².